The molecule has 0 aliphatic rings. The van der Waals surface area contributed by atoms with Crippen LogP contribution >= 0.6 is 11.3 Å². The Hall–Kier alpha value is -0.753. The van der Waals surface area contributed by atoms with E-state index in [0.29, 0.717) is 12.3 Å². The molecule has 0 spiro atoms. The van der Waals surface area contributed by atoms with Crippen LogP contribution in [0.25, 0.3) is 6.08 Å². The van der Waals surface area contributed by atoms with Crippen LogP contribution in [-0.4, -0.2) is 31.1 Å². The van der Waals surface area contributed by atoms with Crippen LogP contribution < -0.4 is 0 Å². The van der Waals surface area contributed by atoms with Crippen molar-refractivity contribution in [2.45, 2.75) is 98.4 Å². The molecule has 0 bridgehead atoms. The molecule has 166 valence electrons. The average Bonchev–Trinajstić information content (AvgIpc) is 3.01. The van der Waals surface area contributed by atoms with Crippen LogP contribution in [0.4, 0.5) is 0 Å². The number of aliphatic hydroxyl groups excluding tert-OH is 1. The zero-order valence-corrected chi connectivity index (χ0v) is 21.9. The second-order valence-corrected chi connectivity index (χ2v) is 15.9. The minimum Gasteiger partial charge on any atom is -0.417 e. The summed E-state index contributed by atoms with van der Waals surface area (Å²) in [5.74, 6) is 0.592. The lowest BCUT2D eigenvalue weighted by molar-refractivity contribution is 0.215. The topological polar surface area (TPSA) is 42.4 Å². The van der Waals surface area contributed by atoms with Crippen LogP contribution in [0.2, 0.25) is 18.1 Å². The van der Waals surface area contributed by atoms with E-state index in [1.807, 2.05) is 25.3 Å². The smallest absolute Gasteiger partial charge is 0.191 e. The van der Waals surface area contributed by atoms with Gasteiger partial charge in [0.25, 0.3) is 0 Å². The zero-order valence-electron chi connectivity index (χ0n) is 20.1. The molecule has 0 amide bonds. The number of hydrogen-bond donors (Lipinski definition) is 1. The van der Waals surface area contributed by atoms with Gasteiger partial charge in [0, 0.05) is 12.0 Å². The van der Waals surface area contributed by atoms with Gasteiger partial charge in [-0.25, -0.2) is 4.98 Å². The van der Waals surface area contributed by atoms with Crippen LogP contribution in [0.15, 0.2) is 22.6 Å². The summed E-state index contributed by atoms with van der Waals surface area (Å²) in [6, 6.07) is 0. The lowest BCUT2D eigenvalue weighted by Crippen LogP contribution is -2.41. The van der Waals surface area contributed by atoms with Crippen LogP contribution in [0, 0.1) is 12.8 Å². The molecule has 5 heteroatoms. The van der Waals surface area contributed by atoms with E-state index in [-0.39, 0.29) is 5.04 Å². The molecular formula is C24H43NO2SSi. The Morgan fingerprint density at radius 3 is 2.52 bits per heavy atom. The molecule has 2 unspecified atom stereocenters. The second kappa shape index (κ2) is 11.6. The number of aromatic nitrogens is 1. The first-order valence-corrected chi connectivity index (χ1v) is 14.7. The Balaban J connectivity index is 2.35. The predicted molar refractivity (Wildman–Crippen MR) is 131 cm³/mol. The fourth-order valence-corrected chi connectivity index (χ4v) is 4.46. The van der Waals surface area contributed by atoms with Crippen molar-refractivity contribution in [1.82, 2.24) is 4.98 Å². The van der Waals surface area contributed by atoms with E-state index < -0.39 is 14.4 Å². The zero-order chi connectivity index (χ0) is 22.2. The van der Waals surface area contributed by atoms with Gasteiger partial charge in [-0.15, -0.1) is 11.3 Å². The van der Waals surface area contributed by atoms with E-state index in [1.54, 1.807) is 11.3 Å². The first-order chi connectivity index (χ1) is 13.3. The van der Waals surface area contributed by atoms with E-state index in [1.165, 1.54) is 18.4 Å². The quantitative estimate of drug-likeness (QED) is 0.290. The number of allylic oxidation sites excluding steroid dienone is 1. The number of thiazole rings is 1. The summed E-state index contributed by atoms with van der Waals surface area (Å²) >= 11 is 1.64. The van der Waals surface area contributed by atoms with Crippen LogP contribution in [0.1, 0.15) is 77.9 Å². The molecule has 3 nitrogen and oxygen atoms in total. The summed E-state index contributed by atoms with van der Waals surface area (Å²) in [4.78, 5) is 4.44. The number of aryl methyl sites for hydroxylation is 1. The summed E-state index contributed by atoms with van der Waals surface area (Å²) in [5.41, 5.74) is 3.27. The highest BCUT2D eigenvalue weighted by atomic mass is 32.1. The van der Waals surface area contributed by atoms with Gasteiger partial charge >= 0.3 is 0 Å². The summed E-state index contributed by atoms with van der Waals surface area (Å²) in [6.07, 6.45) is 7.85. The van der Waals surface area contributed by atoms with Gasteiger partial charge in [-0.3, -0.25) is 0 Å². The monoisotopic (exact) mass is 437 g/mol. The summed E-state index contributed by atoms with van der Waals surface area (Å²) in [5, 5.41) is 13.8. The summed E-state index contributed by atoms with van der Waals surface area (Å²) in [6.45, 7) is 20.8. The van der Waals surface area contributed by atoms with Crippen molar-refractivity contribution >= 4 is 25.7 Å². The van der Waals surface area contributed by atoms with E-state index in [0.717, 1.165) is 29.3 Å². The molecule has 1 N–H and O–H groups in total. The third-order valence-corrected chi connectivity index (χ3v) is 11.3. The van der Waals surface area contributed by atoms with Crippen LogP contribution in [0.5, 0.6) is 0 Å². The SMILES string of the molecule is C/C(=C\CC(O)/C(C)=C/c1csc(C)n1)CCCC(C)CO[Si](C)(C)C(C)(C)C. The highest BCUT2D eigenvalue weighted by molar-refractivity contribution is 7.09. The predicted octanol–water partition coefficient (Wildman–Crippen LogP) is 7.38. The molecule has 0 saturated carbocycles. The first kappa shape index (κ1) is 26.3. The highest BCUT2D eigenvalue weighted by Crippen LogP contribution is 2.37. The lowest BCUT2D eigenvalue weighted by atomic mass is 10.0. The molecule has 1 aromatic rings. The Labute approximate surface area is 184 Å². The van der Waals surface area contributed by atoms with Crippen LogP contribution in [0.3, 0.4) is 0 Å². The van der Waals surface area contributed by atoms with Gasteiger partial charge in [-0.1, -0.05) is 39.3 Å². The second-order valence-electron chi connectivity index (χ2n) is 10.1. The average molecular weight is 438 g/mol. The van der Waals surface area contributed by atoms with Crippen molar-refractivity contribution in [3.05, 3.63) is 33.3 Å². The van der Waals surface area contributed by atoms with Gasteiger partial charge < -0.3 is 9.53 Å². The Bertz CT molecular complexity index is 685. The molecule has 0 radical (unpaired) electrons. The van der Waals surface area contributed by atoms with E-state index in [2.05, 4.69) is 58.8 Å². The van der Waals surface area contributed by atoms with Gasteiger partial charge in [-0.05, 0) is 82.2 Å². The number of aliphatic hydroxyl groups is 1. The molecular weight excluding hydrogens is 394 g/mol. The van der Waals surface area contributed by atoms with Gasteiger partial charge in [0.2, 0.25) is 0 Å². The van der Waals surface area contributed by atoms with Crippen LogP contribution in [-0.2, 0) is 4.43 Å². The van der Waals surface area contributed by atoms with E-state index in [9.17, 15) is 5.11 Å². The highest BCUT2D eigenvalue weighted by Gasteiger charge is 2.37. The third-order valence-electron chi connectivity index (χ3n) is 6.03. The minimum atomic E-state index is -1.64. The molecule has 29 heavy (non-hydrogen) atoms. The Kier molecular flexibility index (Phi) is 10.5. The normalized spacial score (nSPS) is 16.2. The van der Waals surface area contributed by atoms with E-state index in [4.69, 9.17) is 4.43 Å². The molecule has 0 saturated heterocycles. The molecule has 0 aromatic carbocycles. The Morgan fingerprint density at radius 1 is 1.31 bits per heavy atom. The van der Waals surface area contributed by atoms with Gasteiger partial charge in [0.05, 0.1) is 16.8 Å². The summed E-state index contributed by atoms with van der Waals surface area (Å²) < 4.78 is 6.35. The van der Waals surface area contributed by atoms with E-state index >= 15 is 0 Å². The van der Waals surface area contributed by atoms with Gasteiger partial charge in [0.1, 0.15) is 0 Å². The summed E-state index contributed by atoms with van der Waals surface area (Å²) in [7, 11) is -1.64. The van der Waals surface area contributed by atoms with Crippen molar-refractivity contribution < 1.29 is 9.53 Å². The third kappa shape index (κ3) is 9.73. The first-order valence-electron chi connectivity index (χ1n) is 10.9. The maximum atomic E-state index is 10.4. The minimum absolute atomic E-state index is 0.276. The molecule has 0 fully saturated rings. The van der Waals surface area contributed by atoms with Crippen molar-refractivity contribution in [3.8, 4) is 0 Å². The van der Waals surface area contributed by atoms with Crippen molar-refractivity contribution in [2.75, 3.05) is 6.61 Å². The molecule has 1 aromatic heterocycles. The lowest BCUT2D eigenvalue weighted by Gasteiger charge is -2.37. The molecule has 1 rings (SSSR count). The fourth-order valence-electron chi connectivity index (χ4n) is 2.76. The molecule has 1 heterocycles. The molecule has 0 aliphatic carbocycles. The molecule has 2 atom stereocenters. The van der Waals surface area contributed by atoms with Crippen molar-refractivity contribution in [1.29, 1.82) is 0 Å². The van der Waals surface area contributed by atoms with Gasteiger partial charge in [-0.2, -0.15) is 0 Å². The van der Waals surface area contributed by atoms with Crippen molar-refractivity contribution in [3.63, 3.8) is 0 Å². The number of hydrogen-bond acceptors (Lipinski definition) is 4. The standard InChI is InChI=1S/C24H43NO2SSi/c1-18(11-10-12-19(2)16-27-29(8,9)24(5,6)7)13-14-23(26)20(3)15-22-17-28-21(4)25-22/h13,15,17,19,23,26H,10-12,14,16H2,1-9H3/b18-13+,20-15+. The maximum Gasteiger partial charge on any atom is 0.191 e. The fraction of sp³-hybridized carbons (Fsp3) is 0.708. The number of rotatable bonds is 11. The largest absolute Gasteiger partial charge is 0.417 e. The number of nitrogens with zero attached hydrogens (tertiary/aromatic N) is 1. The maximum absolute atomic E-state index is 10.4. The Morgan fingerprint density at radius 2 is 1.97 bits per heavy atom. The van der Waals surface area contributed by atoms with Crippen molar-refractivity contribution in [2.24, 2.45) is 5.92 Å². The van der Waals surface area contributed by atoms with Gasteiger partial charge in [0.15, 0.2) is 8.32 Å². The molecule has 0 aliphatic heterocycles.